The first-order chi connectivity index (χ1) is 16.4. The fourth-order valence-electron chi connectivity index (χ4n) is 4.27. The van der Waals surface area contributed by atoms with Crippen LogP contribution >= 0.6 is 0 Å². The van der Waals surface area contributed by atoms with Gasteiger partial charge in [0.2, 0.25) is 5.91 Å². The number of nitrogens with one attached hydrogen (secondary N) is 1. The number of ether oxygens (including phenoxy) is 1. The van der Waals surface area contributed by atoms with Crippen molar-refractivity contribution in [1.29, 1.82) is 0 Å². The maximum atomic E-state index is 13.8. The highest BCUT2D eigenvalue weighted by Gasteiger charge is 2.51. The summed E-state index contributed by atoms with van der Waals surface area (Å²) in [4.78, 5) is 40.7. The molecular formula is C27H32N2O5. The zero-order chi connectivity index (χ0) is 24.6. The van der Waals surface area contributed by atoms with Gasteiger partial charge in [-0.05, 0) is 49.6 Å². The van der Waals surface area contributed by atoms with Gasteiger partial charge >= 0.3 is 5.97 Å². The summed E-state index contributed by atoms with van der Waals surface area (Å²) < 4.78 is 5.08. The third kappa shape index (κ3) is 5.65. The largest absolute Gasteiger partial charge is 0.508 e. The zero-order valence-electron chi connectivity index (χ0n) is 19.8. The van der Waals surface area contributed by atoms with E-state index in [9.17, 15) is 19.5 Å². The summed E-state index contributed by atoms with van der Waals surface area (Å²) in [6, 6.07) is 13.9. The van der Waals surface area contributed by atoms with Crippen LogP contribution in [0, 0.1) is 0 Å². The van der Waals surface area contributed by atoms with Crippen molar-refractivity contribution < 1.29 is 24.2 Å². The van der Waals surface area contributed by atoms with Crippen molar-refractivity contribution in [3.8, 4) is 5.75 Å². The maximum absolute atomic E-state index is 13.8. The number of hydrogen-bond donors (Lipinski definition) is 2. The molecule has 0 saturated carbocycles. The van der Waals surface area contributed by atoms with Crippen LogP contribution in [0.4, 0.5) is 5.69 Å². The van der Waals surface area contributed by atoms with E-state index in [1.165, 1.54) is 12.1 Å². The molecule has 2 amide bonds. The van der Waals surface area contributed by atoms with Gasteiger partial charge < -0.3 is 20.1 Å². The van der Waals surface area contributed by atoms with E-state index in [0.717, 1.165) is 24.9 Å². The highest BCUT2D eigenvalue weighted by Crippen LogP contribution is 2.43. The molecule has 7 nitrogen and oxygen atoms in total. The van der Waals surface area contributed by atoms with E-state index in [0.29, 0.717) is 17.7 Å². The van der Waals surface area contributed by atoms with E-state index in [4.69, 9.17) is 4.74 Å². The molecule has 2 N–H and O–H groups in total. The van der Waals surface area contributed by atoms with Gasteiger partial charge in [-0.1, -0.05) is 50.1 Å². The number of anilines is 1. The summed E-state index contributed by atoms with van der Waals surface area (Å²) in [5.41, 5.74) is 0.718. The van der Waals surface area contributed by atoms with Crippen molar-refractivity contribution in [2.75, 3.05) is 18.1 Å². The van der Waals surface area contributed by atoms with Gasteiger partial charge in [-0.3, -0.25) is 14.4 Å². The van der Waals surface area contributed by atoms with Crippen LogP contribution in [0.5, 0.6) is 5.75 Å². The molecule has 180 valence electrons. The number of phenols is 1. The molecule has 1 aliphatic rings. The number of hydrogen-bond acceptors (Lipinski definition) is 5. The predicted molar refractivity (Wildman–Crippen MR) is 131 cm³/mol. The molecule has 0 spiro atoms. The van der Waals surface area contributed by atoms with Crippen LogP contribution in [0.3, 0.4) is 0 Å². The van der Waals surface area contributed by atoms with Crippen molar-refractivity contribution >= 4 is 29.5 Å². The Morgan fingerprint density at radius 3 is 2.65 bits per heavy atom. The van der Waals surface area contributed by atoms with Gasteiger partial charge in [0.1, 0.15) is 11.3 Å². The summed E-state index contributed by atoms with van der Waals surface area (Å²) >= 11 is 0. The lowest BCUT2D eigenvalue weighted by Crippen LogP contribution is -2.53. The average molecular weight is 465 g/mol. The number of fused-ring (bicyclic) bond motifs is 1. The monoisotopic (exact) mass is 464 g/mol. The Kier molecular flexibility index (Phi) is 8.46. The van der Waals surface area contributed by atoms with Crippen LogP contribution in [0.25, 0.3) is 6.08 Å². The first-order valence-electron chi connectivity index (χ1n) is 11.8. The fourth-order valence-corrected chi connectivity index (χ4v) is 4.27. The minimum atomic E-state index is -1.37. The number of phenolic OH excluding ortho intramolecular Hbond substituents is 1. The molecule has 0 saturated heterocycles. The molecule has 0 aromatic heterocycles. The van der Waals surface area contributed by atoms with Crippen LogP contribution in [0.2, 0.25) is 0 Å². The van der Waals surface area contributed by atoms with Gasteiger partial charge in [0.15, 0.2) is 0 Å². The topological polar surface area (TPSA) is 95.9 Å². The molecule has 34 heavy (non-hydrogen) atoms. The second-order valence-electron chi connectivity index (χ2n) is 8.31. The van der Waals surface area contributed by atoms with Gasteiger partial charge in [-0.25, -0.2) is 0 Å². The maximum Gasteiger partial charge on any atom is 0.305 e. The number of unbranched alkanes of at least 4 members (excludes halogenated alkanes) is 2. The Balaban J connectivity index is 1.92. The first-order valence-corrected chi connectivity index (χ1v) is 11.8. The summed E-state index contributed by atoms with van der Waals surface area (Å²) in [6.45, 7) is 4.62. The standard InChI is InChI=1S/C27H32N2O5/c1-3-5-8-18-29-23-13-7-6-12-22(23)27(26(29)33,17-16-25(32)34-4-2)28-24(31)15-14-20-10-9-11-21(30)19-20/h6-7,9-15,19,30H,3-5,8,16-18H2,1-2H3,(H,28,31)/b15-14+. The van der Waals surface area contributed by atoms with Gasteiger partial charge in [-0.15, -0.1) is 0 Å². The number of nitrogens with zero attached hydrogens (tertiary/aromatic N) is 1. The number of esters is 1. The summed E-state index contributed by atoms with van der Waals surface area (Å²) in [5, 5.41) is 12.6. The van der Waals surface area contributed by atoms with E-state index in [2.05, 4.69) is 12.2 Å². The minimum absolute atomic E-state index is 0.00668. The number of para-hydroxylation sites is 1. The summed E-state index contributed by atoms with van der Waals surface area (Å²) in [6.07, 6.45) is 5.84. The smallest absolute Gasteiger partial charge is 0.305 e. The molecule has 7 heteroatoms. The molecule has 1 atom stereocenters. The van der Waals surface area contributed by atoms with Crippen molar-refractivity contribution in [2.45, 2.75) is 51.5 Å². The van der Waals surface area contributed by atoms with Crippen molar-refractivity contribution in [3.63, 3.8) is 0 Å². The van der Waals surface area contributed by atoms with Crippen molar-refractivity contribution in [3.05, 3.63) is 65.7 Å². The zero-order valence-corrected chi connectivity index (χ0v) is 19.8. The second kappa shape index (κ2) is 11.5. The number of aromatic hydroxyl groups is 1. The SMILES string of the molecule is CCCCCN1C(=O)C(CCC(=O)OCC)(NC(=O)/C=C/c2cccc(O)c2)c2ccccc21. The molecule has 2 aromatic carbocycles. The van der Waals surface area contributed by atoms with E-state index in [-0.39, 0.29) is 31.1 Å². The Morgan fingerprint density at radius 2 is 1.91 bits per heavy atom. The van der Waals surface area contributed by atoms with Crippen LogP contribution in [-0.4, -0.2) is 36.0 Å². The summed E-state index contributed by atoms with van der Waals surface area (Å²) in [7, 11) is 0. The molecule has 0 aliphatic carbocycles. The van der Waals surface area contributed by atoms with E-state index in [1.807, 2.05) is 24.3 Å². The highest BCUT2D eigenvalue weighted by atomic mass is 16.5. The lowest BCUT2D eigenvalue weighted by atomic mass is 9.86. The van der Waals surface area contributed by atoms with Crippen molar-refractivity contribution in [1.82, 2.24) is 5.32 Å². The second-order valence-corrected chi connectivity index (χ2v) is 8.31. The lowest BCUT2D eigenvalue weighted by Gasteiger charge is -2.29. The number of benzene rings is 2. The Morgan fingerprint density at radius 1 is 1.12 bits per heavy atom. The third-order valence-electron chi connectivity index (χ3n) is 5.89. The molecule has 0 radical (unpaired) electrons. The minimum Gasteiger partial charge on any atom is -0.508 e. The Bertz CT molecular complexity index is 1060. The third-order valence-corrected chi connectivity index (χ3v) is 5.89. The molecular weight excluding hydrogens is 432 g/mol. The molecule has 0 fully saturated rings. The van der Waals surface area contributed by atoms with Crippen LogP contribution in [0.1, 0.15) is 57.1 Å². The molecule has 1 aliphatic heterocycles. The quantitative estimate of drug-likeness (QED) is 0.294. The fraction of sp³-hybridized carbons (Fsp3) is 0.370. The average Bonchev–Trinajstić information content (AvgIpc) is 3.05. The van der Waals surface area contributed by atoms with Crippen LogP contribution in [0.15, 0.2) is 54.6 Å². The van der Waals surface area contributed by atoms with Gasteiger partial charge in [0.05, 0.1) is 6.61 Å². The van der Waals surface area contributed by atoms with E-state index in [1.54, 1.807) is 36.1 Å². The van der Waals surface area contributed by atoms with Crippen LogP contribution in [-0.2, 0) is 24.7 Å². The molecule has 1 heterocycles. The van der Waals surface area contributed by atoms with Crippen LogP contribution < -0.4 is 10.2 Å². The molecule has 0 bridgehead atoms. The van der Waals surface area contributed by atoms with Crippen molar-refractivity contribution in [2.24, 2.45) is 0 Å². The Hall–Kier alpha value is -3.61. The highest BCUT2D eigenvalue weighted by molar-refractivity contribution is 6.10. The van der Waals surface area contributed by atoms with E-state index >= 15 is 0 Å². The first kappa shape index (κ1) is 25.0. The summed E-state index contributed by atoms with van der Waals surface area (Å²) in [5.74, 6) is -1.03. The normalized spacial score (nSPS) is 17.1. The molecule has 3 rings (SSSR count). The lowest BCUT2D eigenvalue weighted by molar-refractivity contribution is -0.144. The molecule has 1 unspecified atom stereocenters. The van der Waals surface area contributed by atoms with E-state index < -0.39 is 17.4 Å². The molecule has 2 aromatic rings. The number of rotatable bonds is 11. The Labute approximate surface area is 200 Å². The van der Waals surface area contributed by atoms with Gasteiger partial charge in [0.25, 0.3) is 5.91 Å². The van der Waals surface area contributed by atoms with Gasteiger partial charge in [-0.2, -0.15) is 0 Å². The number of carbonyl (C=O) groups excluding carboxylic acids is 3. The number of amides is 2. The van der Waals surface area contributed by atoms with Gasteiger partial charge in [0, 0.05) is 30.3 Å². The predicted octanol–water partition coefficient (Wildman–Crippen LogP) is 4.30. The number of carbonyl (C=O) groups is 3.